The first-order valence-electron chi connectivity index (χ1n) is 4.17. The second kappa shape index (κ2) is 5.09. The summed E-state index contributed by atoms with van der Waals surface area (Å²) in [5, 5.41) is 0. The summed E-state index contributed by atoms with van der Waals surface area (Å²) in [6.45, 7) is 6.61. The Morgan fingerprint density at radius 3 is 3.17 bits per heavy atom. The number of hydrogen-bond donors (Lipinski definition) is 0. The van der Waals surface area contributed by atoms with Crippen molar-refractivity contribution in [1.82, 2.24) is 0 Å². The van der Waals surface area contributed by atoms with Crippen LogP contribution in [0.25, 0.3) is 0 Å². The molecule has 0 atom stereocenters. The first kappa shape index (κ1) is 9.46. The third kappa shape index (κ3) is 2.45. The zero-order valence-corrected chi connectivity index (χ0v) is 8.19. The van der Waals surface area contributed by atoms with Crippen molar-refractivity contribution in [2.45, 2.75) is 13.3 Å². The van der Waals surface area contributed by atoms with Crippen molar-refractivity contribution in [3.8, 4) is 0 Å². The Hall–Kier alpha value is -0.630. The molecule has 1 fully saturated rings. The zero-order chi connectivity index (χ0) is 8.81. The van der Waals surface area contributed by atoms with E-state index >= 15 is 0 Å². The maximum absolute atomic E-state index is 5.51. The van der Waals surface area contributed by atoms with Crippen molar-refractivity contribution in [3.63, 3.8) is 0 Å². The van der Waals surface area contributed by atoms with Crippen LogP contribution in [0.2, 0.25) is 0 Å². The lowest BCUT2D eigenvalue weighted by atomic mass is 10.3. The molecule has 1 heterocycles. The van der Waals surface area contributed by atoms with E-state index in [0.29, 0.717) is 0 Å². The maximum atomic E-state index is 5.51. The van der Waals surface area contributed by atoms with E-state index in [9.17, 15) is 0 Å². The van der Waals surface area contributed by atoms with Gasteiger partial charge in [-0.2, -0.15) is 0 Å². The summed E-state index contributed by atoms with van der Waals surface area (Å²) in [6, 6.07) is 0. The molecule has 0 unspecified atom stereocenters. The summed E-state index contributed by atoms with van der Waals surface area (Å²) in [7, 11) is 0. The topological polar surface area (TPSA) is 9.23 Å². The monoisotopic (exact) mass is 182 g/mol. The molecule has 0 radical (unpaired) electrons. The van der Waals surface area contributed by atoms with Gasteiger partial charge in [0.2, 0.25) is 0 Å². The van der Waals surface area contributed by atoms with Crippen LogP contribution in [0.5, 0.6) is 0 Å². The molecule has 0 aliphatic carbocycles. The van der Waals surface area contributed by atoms with Gasteiger partial charge in [-0.3, -0.25) is 0 Å². The second-order valence-corrected chi connectivity index (χ2v) is 3.58. The summed E-state index contributed by atoms with van der Waals surface area (Å²) in [5.41, 5.74) is 0. The number of thioether (sulfide) groups is 1. The van der Waals surface area contributed by atoms with E-state index in [1.165, 1.54) is 4.91 Å². The number of ether oxygens (including phenoxy) is 1. The van der Waals surface area contributed by atoms with E-state index in [1.54, 1.807) is 6.08 Å². The lowest BCUT2D eigenvalue weighted by Gasteiger charge is -2.18. The summed E-state index contributed by atoms with van der Waals surface area (Å²) >= 11 is 1.83. The van der Waals surface area contributed by atoms with Gasteiger partial charge in [-0.25, -0.2) is 0 Å². The van der Waals surface area contributed by atoms with Gasteiger partial charge in [-0.15, -0.1) is 11.8 Å². The Bertz CT molecular complexity index is 216. The molecule has 0 aromatic rings. The highest BCUT2D eigenvalue weighted by atomic mass is 32.2. The molecule has 1 saturated heterocycles. The Kier molecular flexibility index (Phi) is 4.01. The highest BCUT2D eigenvalue weighted by Crippen LogP contribution is 2.29. The van der Waals surface area contributed by atoms with Gasteiger partial charge in [0.15, 0.2) is 0 Å². The largest absolute Gasteiger partial charge is 0.492 e. The predicted molar refractivity (Wildman–Crippen MR) is 55.1 cm³/mol. The van der Waals surface area contributed by atoms with Gasteiger partial charge in [0, 0.05) is 10.7 Å². The lowest BCUT2D eigenvalue weighted by Crippen LogP contribution is -2.06. The second-order valence-electron chi connectivity index (χ2n) is 2.44. The fraction of sp³-hybridized carbons (Fsp3) is 0.400. The van der Waals surface area contributed by atoms with Crippen molar-refractivity contribution in [2.75, 3.05) is 12.4 Å². The van der Waals surface area contributed by atoms with Crippen LogP contribution < -0.4 is 0 Å². The van der Waals surface area contributed by atoms with Crippen LogP contribution in [0.3, 0.4) is 0 Å². The highest BCUT2D eigenvalue weighted by Gasteiger charge is 2.11. The smallest absolute Gasteiger partial charge is 0.128 e. The third-order valence-electron chi connectivity index (χ3n) is 1.50. The van der Waals surface area contributed by atoms with Crippen LogP contribution in [-0.4, -0.2) is 12.4 Å². The van der Waals surface area contributed by atoms with Gasteiger partial charge in [0.1, 0.15) is 5.76 Å². The molecule has 0 spiro atoms. The fourth-order valence-electron chi connectivity index (χ4n) is 1.03. The molecule has 0 aromatic carbocycles. The molecule has 2 heteroatoms. The van der Waals surface area contributed by atoms with Gasteiger partial charge in [0.05, 0.1) is 6.61 Å². The van der Waals surface area contributed by atoms with Crippen LogP contribution in [0, 0.1) is 0 Å². The van der Waals surface area contributed by atoms with Crippen LogP contribution in [0.1, 0.15) is 13.3 Å². The normalized spacial score (nSPS) is 24.1. The maximum Gasteiger partial charge on any atom is 0.128 e. The van der Waals surface area contributed by atoms with E-state index < -0.39 is 0 Å². The van der Waals surface area contributed by atoms with Crippen molar-refractivity contribution >= 4 is 11.8 Å². The van der Waals surface area contributed by atoms with E-state index in [1.807, 2.05) is 17.8 Å². The molecule has 1 aliphatic heterocycles. The fourth-order valence-corrected chi connectivity index (χ4v) is 1.89. The average molecular weight is 182 g/mol. The Morgan fingerprint density at radius 2 is 2.50 bits per heavy atom. The summed E-state index contributed by atoms with van der Waals surface area (Å²) in [4.78, 5) is 1.21. The minimum atomic E-state index is 0.824. The van der Waals surface area contributed by atoms with Gasteiger partial charge in [0.25, 0.3) is 0 Å². The molecule has 0 bridgehead atoms. The molecule has 1 rings (SSSR count). The number of allylic oxidation sites excluding steroid dienone is 3. The first-order valence-corrected chi connectivity index (χ1v) is 5.16. The Labute approximate surface area is 78.2 Å². The van der Waals surface area contributed by atoms with Crippen molar-refractivity contribution in [2.24, 2.45) is 0 Å². The quantitative estimate of drug-likeness (QED) is 0.649. The summed E-state index contributed by atoms with van der Waals surface area (Å²) in [6.07, 6.45) is 6.94. The van der Waals surface area contributed by atoms with Gasteiger partial charge in [-0.1, -0.05) is 19.6 Å². The van der Waals surface area contributed by atoms with Crippen LogP contribution >= 0.6 is 11.8 Å². The zero-order valence-electron chi connectivity index (χ0n) is 7.38. The molecule has 66 valence electrons. The standard InChI is InChI=1S/C10H14OS/c1-3-5-9-10(6-4-2)12-8-7-11-9/h4-6H,2-3,7-8H2,1H3/b9-5+,10-6+. The molecule has 1 aliphatic rings. The van der Waals surface area contributed by atoms with E-state index in [2.05, 4.69) is 19.6 Å². The van der Waals surface area contributed by atoms with Crippen molar-refractivity contribution < 1.29 is 4.74 Å². The number of rotatable bonds is 2. The lowest BCUT2D eigenvalue weighted by molar-refractivity contribution is 0.238. The Morgan fingerprint density at radius 1 is 1.67 bits per heavy atom. The molecule has 0 aromatic heterocycles. The average Bonchev–Trinajstić information content (AvgIpc) is 2.09. The molecule has 1 nitrogen and oxygen atoms in total. The van der Waals surface area contributed by atoms with E-state index in [4.69, 9.17) is 4.74 Å². The van der Waals surface area contributed by atoms with Crippen molar-refractivity contribution in [3.05, 3.63) is 35.5 Å². The van der Waals surface area contributed by atoms with Gasteiger partial charge >= 0.3 is 0 Å². The Balaban J connectivity index is 2.73. The molecule has 0 saturated carbocycles. The third-order valence-corrected chi connectivity index (χ3v) is 2.52. The minimum Gasteiger partial charge on any atom is -0.492 e. The summed E-state index contributed by atoms with van der Waals surface area (Å²) in [5.74, 6) is 2.06. The van der Waals surface area contributed by atoms with Crippen LogP contribution in [-0.2, 0) is 4.74 Å². The van der Waals surface area contributed by atoms with Crippen molar-refractivity contribution in [1.29, 1.82) is 0 Å². The number of hydrogen-bond acceptors (Lipinski definition) is 2. The summed E-state index contributed by atoms with van der Waals surface area (Å²) < 4.78 is 5.51. The van der Waals surface area contributed by atoms with Gasteiger partial charge in [-0.05, 0) is 18.6 Å². The molecule has 12 heavy (non-hydrogen) atoms. The predicted octanol–water partition coefficient (Wildman–Crippen LogP) is 3.11. The molecular formula is C10H14OS. The molecule has 0 amide bonds. The minimum absolute atomic E-state index is 0.824. The highest BCUT2D eigenvalue weighted by molar-refractivity contribution is 8.03. The molecule has 0 N–H and O–H groups in total. The first-order chi connectivity index (χ1) is 5.88. The van der Waals surface area contributed by atoms with E-state index in [-0.39, 0.29) is 0 Å². The van der Waals surface area contributed by atoms with Crippen LogP contribution in [0.15, 0.2) is 35.5 Å². The van der Waals surface area contributed by atoms with Gasteiger partial charge < -0.3 is 4.74 Å². The van der Waals surface area contributed by atoms with E-state index in [0.717, 1.165) is 24.5 Å². The molecular weight excluding hydrogens is 168 g/mol. The SMILES string of the molecule is C=C/C=C1/SCCO/C1=C/CC. The van der Waals surface area contributed by atoms with Crippen LogP contribution in [0.4, 0.5) is 0 Å².